The van der Waals surface area contributed by atoms with Crippen molar-refractivity contribution in [3.63, 3.8) is 0 Å². The van der Waals surface area contributed by atoms with Gasteiger partial charge in [-0.05, 0) is 12.1 Å². The van der Waals surface area contributed by atoms with Crippen molar-refractivity contribution < 1.29 is 4.92 Å². The lowest BCUT2D eigenvalue weighted by Gasteiger charge is -1.98. The molecule has 0 saturated heterocycles. The highest BCUT2D eigenvalue weighted by Crippen LogP contribution is 2.11. The summed E-state index contributed by atoms with van der Waals surface area (Å²) < 4.78 is 0. The van der Waals surface area contributed by atoms with E-state index in [1.54, 1.807) is 36.4 Å². The fourth-order valence-corrected chi connectivity index (χ4v) is 1.45. The van der Waals surface area contributed by atoms with Gasteiger partial charge in [0, 0.05) is 23.3 Å². The third-order valence-electron chi connectivity index (χ3n) is 2.46. The number of benzene rings is 2. The second kappa shape index (κ2) is 5.53. The molecule has 0 N–H and O–H groups in total. The third-order valence-corrected chi connectivity index (χ3v) is 2.46. The molecule has 0 unspecified atom stereocenters. The van der Waals surface area contributed by atoms with E-state index in [9.17, 15) is 10.1 Å². The molecule has 0 aromatic heterocycles. The first-order valence-corrected chi connectivity index (χ1v) is 5.48. The minimum absolute atomic E-state index is 0.0522. The summed E-state index contributed by atoms with van der Waals surface area (Å²) in [6, 6.07) is 13.2. The van der Waals surface area contributed by atoms with Gasteiger partial charge < -0.3 is 6.42 Å². The van der Waals surface area contributed by atoms with E-state index >= 15 is 0 Å². The molecule has 90 valence electrons. The van der Waals surface area contributed by atoms with Crippen molar-refractivity contribution >= 4 is 5.69 Å². The summed E-state index contributed by atoms with van der Waals surface area (Å²) >= 11 is 0. The number of nitro groups is 1. The summed E-state index contributed by atoms with van der Waals surface area (Å²) in [5.74, 6) is 8.16. The number of non-ortho nitro benzene ring substituents is 1. The van der Waals surface area contributed by atoms with Crippen molar-refractivity contribution in [3.05, 3.63) is 81.8 Å². The zero-order valence-corrected chi connectivity index (χ0v) is 9.88. The van der Waals surface area contributed by atoms with Crippen LogP contribution in [-0.4, -0.2) is 4.92 Å². The number of nitrogens with zero attached hydrogens (tertiary/aromatic N) is 1. The van der Waals surface area contributed by atoms with Gasteiger partial charge in [0.05, 0.1) is 4.92 Å². The Bertz CT molecular complexity index is 696. The van der Waals surface area contributed by atoms with Crippen LogP contribution >= 0.6 is 0 Å². The Morgan fingerprint density at radius 3 is 1.68 bits per heavy atom. The topological polar surface area (TPSA) is 43.1 Å². The molecule has 3 heteroatoms. The Labute approximate surface area is 111 Å². The summed E-state index contributed by atoms with van der Waals surface area (Å²) in [4.78, 5) is 10.1. The fraction of sp³-hybridized carbons (Fsp3) is 0. The number of rotatable bonds is 1. The first-order valence-electron chi connectivity index (χ1n) is 5.48. The minimum Gasteiger partial charge on any atom is -0.366 e. The maximum Gasteiger partial charge on any atom is 0.269 e. The van der Waals surface area contributed by atoms with E-state index in [4.69, 9.17) is 6.42 Å². The summed E-state index contributed by atoms with van der Waals surface area (Å²) in [6.07, 6.45) is 6.96. The maximum atomic E-state index is 10.5. The van der Waals surface area contributed by atoms with Crippen LogP contribution in [0, 0.1) is 34.3 Å². The Hall–Kier alpha value is -3.04. The standard InChI is InChI=1S/C16H8NO2/c1-2-13-3-5-14(6-4-13)7-8-15-9-11-16(12-10-15)17(18)19/h3-6,9-12H/q-1. The molecule has 0 aliphatic heterocycles. The molecule has 0 amide bonds. The minimum atomic E-state index is -0.441. The zero-order valence-electron chi connectivity index (χ0n) is 9.88. The predicted octanol–water partition coefficient (Wildman–Crippen LogP) is 2.93. The second-order valence-electron chi connectivity index (χ2n) is 3.76. The van der Waals surface area contributed by atoms with Gasteiger partial charge in [0.1, 0.15) is 0 Å². The SMILES string of the molecule is [C-]#Cc1ccc(C#Cc2ccc([N+](=O)[O-])cc2)cc1. The van der Waals surface area contributed by atoms with E-state index in [0.717, 1.165) is 5.56 Å². The van der Waals surface area contributed by atoms with Gasteiger partial charge in [-0.25, -0.2) is 0 Å². The molecule has 0 radical (unpaired) electrons. The van der Waals surface area contributed by atoms with Crippen LogP contribution in [0.1, 0.15) is 16.7 Å². The lowest BCUT2D eigenvalue weighted by molar-refractivity contribution is -0.384. The van der Waals surface area contributed by atoms with E-state index in [2.05, 4.69) is 17.8 Å². The molecule has 0 aliphatic rings. The Balaban J connectivity index is 2.19. The monoisotopic (exact) mass is 246 g/mol. The molecule has 3 nitrogen and oxygen atoms in total. The van der Waals surface area contributed by atoms with Crippen molar-refractivity contribution in [2.45, 2.75) is 0 Å². The molecule has 2 rings (SSSR count). The van der Waals surface area contributed by atoms with Crippen LogP contribution in [-0.2, 0) is 0 Å². The predicted molar refractivity (Wildman–Crippen MR) is 71.8 cm³/mol. The lowest BCUT2D eigenvalue weighted by Crippen LogP contribution is -1.86. The fourth-order valence-electron chi connectivity index (χ4n) is 1.45. The smallest absolute Gasteiger partial charge is 0.269 e. The van der Waals surface area contributed by atoms with Gasteiger partial charge >= 0.3 is 0 Å². The van der Waals surface area contributed by atoms with Gasteiger partial charge in [-0.15, -0.1) is 17.7 Å². The average molecular weight is 246 g/mol. The van der Waals surface area contributed by atoms with Gasteiger partial charge in [0.25, 0.3) is 5.69 Å². The van der Waals surface area contributed by atoms with Crippen molar-refractivity contribution in [1.82, 2.24) is 0 Å². The van der Waals surface area contributed by atoms with Crippen molar-refractivity contribution in [2.24, 2.45) is 0 Å². The molecule has 0 spiro atoms. The molecule has 0 fully saturated rings. The highest BCUT2D eigenvalue weighted by molar-refractivity contribution is 5.46. The molecular formula is C16H8NO2-. The van der Waals surface area contributed by atoms with E-state index < -0.39 is 4.92 Å². The summed E-state index contributed by atoms with van der Waals surface area (Å²) in [6.45, 7) is 0. The molecule has 0 saturated carbocycles. The van der Waals surface area contributed by atoms with Crippen molar-refractivity contribution in [1.29, 1.82) is 0 Å². The zero-order chi connectivity index (χ0) is 13.7. The van der Waals surface area contributed by atoms with E-state index in [1.807, 2.05) is 0 Å². The molecule has 2 aromatic rings. The molecule has 0 aliphatic carbocycles. The van der Waals surface area contributed by atoms with Gasteiger partial charge in [-0.2, -0.15) is 0 Å². The molecule has 2 aromatic carbocycles. The molecule has 0 atom stereocenters. The van der Waals surface area contributed by atoms with Crippen LogP contribution in [0.2, 0.25) is 0 Å². The van der Waals surface area contributed by atoms with E-state index in [1.165, 1.54) is 12.1 Å². The largest absolute Gasteiger partial charge is 0.366 e. The third kappa shape index (κ3) is 3.21. The lowest BCUT2D eigenvalue weighted by atomic mass is 10.1. The number of nitro benzene ring substituents is 1. The normalized spacial score (nSPS) is 9.00. The Morgan fingerprint density at radius 1 is 0.842 bits per heavy atom. The first-order chi connectivity index (χ1) is 9.19. The summed E-state index contributed by atoms with van der Waals surface area (Å²) in [7, 11) is 0. The average Bonchev–Trinajstić information content (AvgIpc) is 2.46. The van der Waals surface area contributed by atoms with Crippen LogP contribution in [0.25, 0.3) is 0 Å². The number of hydrogen-bond acceptors (Lipinski definition) is 2. The van der Waals surface area contributed by atoms with Crippen LogP contribution in [0.5, 0.6) is 0 Å². The Kier molecular flexibility index (Phi) is 3.61. The Morgan fingerprint density at radius 2 is 1.26 bits per heavy atom. The number of hydrogen-bond donors (Lipinski definition) is 0. The van der Waals surface area contributed by atoms with Gasteiger partial charge in [0.15, 0.2) is 0 Å². The highest BCUT2D eigenvalue weighted by Gasteiger charge is 2.01. The summed E-state index contributed by atoms with van der Waals surface area (Å²) in [5, 5.41) is 10.5. The van der Waals surface area contributed by atoms with Crippen LogP contribution < -0.4 is 0 Å². The van der Waals surface area contributed by atoms with Gasteiger partial charge in [-0.3, -0.25) is 16.0 Å². The maximum absolute atomic E-state index is 10.5. The first kappa shape index (κ1) is 12.4. The van der Waals surface area contributed by atoms with Gasteiger partial charge in [0.2, 0.25) is 0 Å². The van der Waals surface area contributed by atoms with Crippen LogP contribution in [0.4, 0.5) is 5.69 Å². The van der Waals surface area contributed by atoms with E-state index in [0.29, 0.717) is 11.1 Å². The second-order valence-corrected chi connectivity index (χ2v) is 3.76. The molecule has 0 heterocycles. The van der Waals surface area contributed by atoms with Crippen molar-refractivity contribution in [2.75, 3.05) is 0 Å². The van der Waals surface area contributed by atoms with Gasteiger partial charge in [-0.1, -0.05) is 24.0 Å². The molecular weight excluding hydrogens is 238 g/mol. The van der Waals surface area contributed by atoms with Crippen LogP contribution in [0.3, 0.4) is 0 Å². The highest BCUT2D eigenvalue weighted by atomic mass is 16.6. The van der Waals surface area contributed by atoms with Crippen molar-refractivity contribution in [3.8, 4) is 17.8 Å². The van der Waals surface area contributed by atoms with E-state index in [-0.39, 0.29) is 5.69 Å². The molecule has 19 heavy (non-hydrogen) atoms. The molecule has 0 bridgehead atoms. The van der Waals surface area contributed by atoms with Crippen LogP contribution in [0.15, 0.2) is 48.5 Å². The summed E-state index contributed by atoms with van der Waals surface area (Å²) in [5.41, 5.74) is 2.28. The quantitative estimate of drug-likeness (QED) is 0.336.